The molecule has 2 aromatic heterocycles. The number of rotatable bonds is 4. The number of aryl methyl sites for hydroxylation is 2. The van der Waals surface area contributed by atoms with Gasteiger partial charge >= 0.3 is 5.16 Å². The van der Waals surface area contributed by atoms with E-state index in [9.17, 15) is 4.55 Å². The number of fused-ring (bicyclic) bond motifs is 1. The van der Waals surface area contributed by atoms with E-state index in [4.69, 9.17) is 0 Å². The smallest absolute Gasteiger partial charge is 0.327 e. The van der Waals surface area contributed by atoms with Crippen LogP contribution in [0.25, 0.3) is 22.3 Å². The molecule has 0 spiro atoms. The van der Waals surface area contributed by atoms with Gasteiger partial charge < -0.3 is 4.55 Å². The third-order valence-corrected chi connectivity index (χ3v) is 5.91. The van der Waals surface area contributed by atoms with Crippen molar-refractivity contribution in [3.05, 3.63) is 71.9 Å². The van der Waals surface area contributed by atoms with Crippen LogP contribution in [0.2, 0.25) is 0 Å². The Morgan fingerprint density at radius 1 is 1.08 bits per heavy atom. The number of aromatic nitrogens is 3. The van der Waals surface area contributed by atoms with Crippen molar-refractivity contribution in [2.24, 2.45) is 0 Å². The molecular formula is C21H19N3OS. The molecule has 130 valence electrons. The molecule has 1 atom stereocenters. The molecule has 1 unspecified atom stereocenters. The monoisotopic (exact) mass is 361 g/mol. The van der Waals surface area contributed by atoms with Gasteiger partial charge in [-0.05, 0) is 49.2 Å². The number of benzene rings is 2. The van der Waals surface area contributed by atoms with Crippen molar-refractivity contribution < 1.29 is 4.55 Å². The summed E-state index contributed by atoms with van der Waals surface area (Å²) in [6.45, 7) is 4.09. The molecule has 0 aliphatic carbocycles. The van der Waals surface area contributed by atoms with Gasteiger partial charge in [-0.3, -0.25) is 9.97 Å². The lowest BCUT2D eigenvalue weighted by molar-refractivity contribution is 0.588. The topological polar surface area (TPSA) is 64.6 Å². The van der Waals surface area contributed by atoms with Crippen molar-refractivity contribution in [3.63, 3.8) is 0 Å². The molecule has 0 saturated heterocycles. The molecule has 0 saturated carbocycles. The summed E-state index contributed by atoms with van der Waals surface area (Å²) in [5.41, 5.74) is 5.60. The Balaban J connectivity index is 1.85. The fraction of sp³-hybridized carbons (Fsp3) is 0.143. The van der Waals surface area contributed by atoms with Gasteiger partial charge in [0, 0.05) is 11.8 Å². The van der Waals surface area contributed by atoms with Crippen LogP contribution >= 0.6 is 0 Å². The van der Waals surface area contributed by atoms with Crippen molar-refractivity contribution in [1.29, 1.82) is 0 Å². The fourth-order valence-electron chi connectivity index (χ4n) is 3.06. The van der Waals surface area contributed by atoms with Crippen molar-refractivity contribution >= 4 is 22.2 Å². The quantitative estimate of drug-likeness (QED) is 0.538. The number of hydrogen-bond acceptors (Lipinski definition) is 3. The Labute approximate surface area is 155 Å². The van der Waals surface area contributed by atoms with Crippen LogP contribution in [-0.4, -0.2) is 19.5 Å². The maximum atomic E-state index is 13.4. The molecule has 1 N–H and O–H groups in total. The molecule has 26 heavy (non-hydrogen) atoms. The maximum absolute atomic E-state index is 13.4. The summed E-state index contributed by atoms with van der Waals surface area (Å²) in [7, 11) is 0. The number of imidazole rings is 1. The van der Waals surface area contributed by atoms with Crippen LogP contribution in [-0.2, 0) is 17.6 Å². The summed E-state index contributed by atoms with van der Waals surface area (Å²) in [6.07, 6.45) is 2.74. The van der Waals surface area contributed by atoms with Gasteiger partial charge in [0.1, 0.15) is 0 Å². The van der Waals surface area contributed by atoms with Crippen LogP contribution in [0, 0.1) is 6.92 Å². The molecule has 0 fully saturated rings. The zero-order valence-electron chi connectivity index (χ0n) is 14.7. The van der Waals surface area contributed by atoms with Crippen molar-refractivity contribution in [1.82, 2.24) is 15.0 Å². The largest absolute Gasteiger partial charge is 0.604 e. The average Bonchev–Trinajstić information content (AvgIpc) is 3.11. The van der Waals surface area contributed by atoms with E-state index in [-0.39, 0.29) is 0 Å². The van der Waals surface area contributed by atoms with E-state index in [0.29, 0.717) is 5.16 Å². The van der Waals surface area contributed by atoms with Crippen LogP contribution in [0.3, 0.4) is 0 Å². The van der Waals surface area contributed by atoms with Crippen molar-refractivity contribution in [3.8, 4) is 11.3 Å². The molecule has 0 bridgehead atoms. The SMILES string of the molecule is CCc1ccnc(-c2cccc(C)c2[S+]([O-])c2nc3ccccc3[nH]2)c1. The number of para-hydroxylation sites is 2. The molecule has 0 aliphatic heterocycles. The Morgan fingerprint density at radius 2 is 1.92 bits per heavy atom. The first-order valence-electron chi connectivity index (χ1n) is 8.59. The number of hydrogen-bond donors (Lipinski definition) is 1. The van der Waals surface area contributed by atoms with Gasteiger partial charge in [-0.25, -0.2) is 0 Å². The van der Waals surface area contributed by atoms with Crippen molar-refractivity contribution in [2.45, 2.75) is 30.3 Å². The minimum absolute atomic E-state index is 0.466. The summed E-state index contributed by atoms with van der Waals surface area (Å²) in [5.74, 6) is 0. The summed E-state index contributed by atoms with van der Waals surface area (Å²) in [5, 5.41) is 0.466. The standard InChI is InChI=1S/C21H19N3OS/c1-3-15-11-12-22-19(13-15)16-8-6-7-14(2)20(16)26(25)21-23-17-9-4-5-10-18(17)24-21/h4-13H,3H2,1-2H3,(H,23,24). The molecule has 4 rings (SSSR count). The third kappa shape index (κ3) is 3.00. The van der Waals surface area contributed by atoms with Crippen LogP contribution in [0.1, 0.15) is 18.1 Å². The Kier molecular flexibility index (Phi) is 4.49. The molecule has 0 aliphatic rings. The van der Waals surface area contributed by atoms with E-state index >= 15 is 0 Å². The zero-order chi connectivity index (χ0) is 18.1. The minimum atomic E-state index is -1.42. The van der Waals surface area contributed by atoms with E-state index in [1.54, 1.807) is 0 Å². The predicted octanol–water partition coefficient (Wildman–Crippen LogP) is 4.66. The predicted molar refractivity (Wildman–Crippen MR) is 105 cm³/mol. The first-order valence-corrected chi connectivity index (χ1v) is 9.74. The van der Waals surface area contributed by atoms with Gasteiger partial charge in [-0.1, -0.05) is 31.2 Å². The maximum Gasteiger partial charge on any atom is 0.327 e. The number of H-pyrrole nitrogens is 1. The average molecular weight is 361 g/mol. The van der Waals surface area contributed by atoms with Crippen LogP contribution < -0.4 is 0 Å². The second kappa shape index (κ2) is 6.94. The number of nitrogens with zero attached hydrogens (tertiary/aromatic N) is 2. The van der Waals surface area contributed by atoms with Crippen LogP contribution in [0.4, 0.5) is 0 Å². The lowest BCUT2D eigenvalue weighted by Crippen LogP contribution is -2.08. The summed E-state index contributed by atoms with van der Waals surface area (Å²) < 4.78 is 13.4. The molecule has 4 aromatic rings. The first kappa shape index (κ1) is 16.8. The highest BCUT2D eigenvalue weighted by atomic mass is 32.2. The summed E-state index contributed by atoms with van der Waals surface area (Å²) in [4.78, 5) is 13.0. The minimum Gasteiger partial charge on any atom is -0.604 e. The number of pyridine rings is 1. The van der Waals surface area contributed by atoms with Gasteiger partial charge in [0.15, 0.2) is 4.90 Å². The molecule has 5 heteroatoms. The molecule has 2 heterocycles. The van der Waals surface area contributed by atoms with Gasteiger partial charge in [-0.15, -0.1) is 0 Å². The van der Waals surface area contributed by atoms with Crippen LogP contribution in [0.5, 0.6) is 0 Å². The molecule has 0 radical (unpaired) electrons. The van der Waals surface area contributed by atoms with E-state index in [1.807, 2.05) is 61.7 Å². The van der Waals surface area contributed by atoms with E-state index in [0.717, 1.165) is 39.2 Å². The van der Waals surface area contributed by atoms with Crippen molar-refractivity contribution in [2.75, 3.05) is 0 Å². The lowest BCUT2D eigenvalue weighted by atomic mass is 10.1. The summed E-state index contributed by atoms with van der Waals surface area (Å²) in [6, 6.07) is 17.7. The fourth-order valence-corrected chi connectivity index (χ4v) is 4.37. The molecular weight excluding hydrogens is 342 g/mol. The summed E-state index contributed by atoms with van der Waals surface area (Å²) >= 11 is -1.42. The van der Waals surface area contributed by atoms with Gasteiger partial charge in [0.2, 0.25) is 0 Å². The van der Waals surface area contributed by atoms with Crippen LogP contribution in [0.15, 0.2) is 70.8 Å². The molecule has 4 nitrogen and oxygen atoms in total. The Hall–Kier alpha value is -2.63. The van der Waals surface area contributed by atoms with E-state index in [1.165, 1.54) is 5.56 Å². The highest BCUT2D eigenvalue weighted by Gasteiger charge is 2.26. The Bertz CT molecular complexity index is 1040. The molecule has 0 amide bonds. The van der Waals surface area contributed by atoms with E-state index < -0.39 is 11.2 Å². The third-order valence-electron chi connectivity index (χ3n) is 4.45. The van der Waals surface area contributed by atoms with Gasteiger partial charge in [0.05, 0.1) is 33.5 Å². The van der Waals surface area contributed by atoms with Gasteiger partial charge in [-0.2, -0.15) is 4.98 Å². The highest BCUT2D eigenvalue weighted by Crippen LogP contribution is 2.33. The van der Waals surface area contributed by atoms with Gasteiger partial charge in [0.25, 0.3) is 0 Å². The lowest BCUT2D eigenvalue weighted by Gasteiger charge is -2.14. The molecule has 2 aromatic carbocycles. The highest BCUT2D eigenvalue weighted by molar-refractivity contribution is 7.91. The normalized spacial score (nSPS) is 12.4. The van der Waals surface area contributed by atoms with E-state index in [2.05, 4.69) is 27.9 Å². The number of nitrogens with one attached hydrogen (secondary N) is 1. The first-order chi connectivity index (χ1) is 12.7. The Morgan fingerprint density at radius 3 is 2.73 bits per heavy atom. The second-order valence-electron chi connectivity index (χ2n) is 6.18. The number of aromatic amines is 1. The second-order valence-corrected chi connectivity index (χ2v) is 7.51. The zero-order valence-corrected chi connectivity index (χ0v) is 15.5.